The normalized spacial score (nSPS) is 17.6. The molecule has 1 saturated heterocycles. The second-order valence-corrected chi connectivity index (χ2v) is 7.22. The van der Waals surface area contributed by atoms with Crippen LogP contribution in [-0.2, 0) is 9.59 Å². The fraction of sp³-hybridized carbons (Fsp3) is 0.280. The van der Waals surface area contributed by atoms with Gasteiger partial charge in [0.15, 0.2) is 0 Å². The van der Waals surface area contributed by atoms with Crippen LogP contribution < -0.4 is 9.47 Å². The molecule has 6 nitrogen and oxygen atoms in total. The van der Waals surface area contributed by atoms with Gasteiger partial charge in [0.25, 0.3) is 11.7 Å². The number of unbranched alkanes of at least 4 members (excludes halogenated alkanes) is 1. The summed E-state index contributed by atoms with van der Waals surface area (Å²) in [5.41, 5.74) is 1.10. The third kappa shape index (κ3) is 4.48. The van der Waals surface area contributed by atoms with Gasteiger partial charge >= 0.3 is 0 Å². The van der Waals surface area contributed by atoms with Gasteiger partial charge in [-0.3, -0.25) is 9.59 Å². The van der Waals surface area contributed by atoms with Crippen molar-refractivity contribution < 1.29 is 24.2 Å². The number of ether oxygens (including phenoxy) is 2. The second kappa shape index (κ2) is 9.98. The molecular weight excluding hydrogens is 394 g/mol. The summed E-state index contributed by atoms with van der Waals surface area (Å²) in [6.45, 7) is 6.41. The zero-order valence-electron chi connectivity index (χ0n) is 17.8. The van der Waals surface area contributed by atoms with Gasteiger partial charge in [0.2, 0.25) is 0 Å². The van der Waals surface area contributed by atoms with Gasteiger partial charge in [-0.1, -0.05) is 50.3 Å². The van der Waals surface area contributed by atoms with E-state index < -0.39 is 17.7 Å². The maximum absolute atomic E-state index is 13.0. The van der Waals surface area contributed by atoms with Crippen LogP contribution in [0.4, 0.5) is 0 Å². The van der Waals surface area contributed by atoms with Crippen molar-refractivity contribution in [3.8, 4) is 11.5 Å². The fourth-order valence-electron chi connectivity index (χ4n) is 3.70. The summed E-state index contributed by atoms with van der Waals surface area (Å²) in [5, 5.41) is 11.2. The van der Waals surface area contributed by atoms with Crippen molar-refractivity contribution in [2.45, 2.75) is 25.8 Å². The Bertz CT molecular complexity index is 1010. The molecule has 2 aromatic carbocycles. The molecule has 1 aliphatic heterocycles. The first-order valence-electron chi connectivity index (χ1n) is 10.3. The van der Waals surface area contributed by atoms with Crippen LogP contribution in [0.1, 0.15) is 36.9 Å². The Kier molecular flexibility index (Phi) is 7.13. The van der Waals surface area contributed by atoms with Gasteiger partial charge in [-0.2, -0.15) is 0 Å². The Hall–Kier alpha value is -3.54. The van der Waals surface area contributed by atoms with Crippen LogP contribution in [0.2, 0.25) is 0 Å². The molecule has 0 bridgehead atoms. The van der Waals surface area contributed by atoms with Gasteiger partial charge in [-0.05, 0) is 36.2 Å². The second-order valence-electron chi connectivity index (χ2n) is 7.22. The lowest BCUT2D eigenvalue weighted by Gasteiger charge is -2.25. The topological polar surface area (TPSA) is 76.1 Å². The number of Topliss-reactive ketones (excluding diaryl/α,β-unsaturated/α-hetero) is 1. The van der Waals surface area contributed by atoms with Crippen molar-refractivity contribution in [3.63, 3.8) is 0 Å². The van der Waals surface area contributed by atoms with Crippen LogP contribution in [0.25, 0.3) is 5.76 Å². The summed E-state index contributed by atoms with van der Waals surface area (Å²) in [4.78, 5) is 27.5. The molecule has 1 heterocycles. The van der Waals surface area contributed by atoms with Crippen molar-refractivity contribution in [2.24, 2.45) is 0 Å². The number of para-hydroxylation sites is 1. The largest absolute Gasteiger partial charge is 0.507 e. The molecule has 162 valence electrons. The van der Waals surface area contributed by atoms with E-state index in [-0.39, 0.29) is 11.3 Å². The molecule has 3 rings (SSSR count). The fourth-order valence-corrected chi connectivity index (χ4v) is 3.70. The summed E-state index contributed by atoms with van der Waals surface area (Å²) in [7, 11) is 1.49. The van der Waals surface area contributed by atoms with E-state index in [0.717, 1.165) is 12.8 Å². The van der Waals surface area contributed by atoms with Gasteiger partial charge in [0.05, 0.1) is 24.3 Å². The van der Waals surface area contributed by atoms with E-state index in [1.807, 2.05) is 13.0 Å². The van der Waals surface area contributed by atoms with Gasteiger partial charge in [-0.15, -0.1) is 0 Å². The summed E-state index contributed by atoms with van der Waals surface area (Å²) >= 11 is 0. The molecule has 1 N–H and O–H groups in total. The number of hydrogen-bond donors (Lipinski definition) is 1. The number of methoxy groups -OCH3 is 1. The van der Waals surface area contributed by atoms with E-state index in [2.05, 4.69) is 6.58 Å². The minimum atomic E-state index is -0.719. The van der Waals surface area contributed by atoms with Gasteiger partial charge in [0.1, 0.15) is 23.9 Å². The van der Waals surface area contributed by atoms with Crippen LogP contribution >= 0.6 is 0 Å². The highest BCUT2D eigenvalue weighted by Crippen LogP contribution is 2.41. The molecule has 6 heteroatoms. The summed E-state index contributed by atoms with van der Waals surface area (Å²) in [5.74, 6) is -0.566. The number of rotatable bonds is 9. The summed E-state index contributed by atoms with van der Waals surface area (Å²) in [6, 6.07) is 13.4. The van der Waals surface area contributed by atoms with Gasteiger partial charge in [0, 0.05) is 6.54 Å². The Morgan fingerprint density at radius 3 is 2.68 bits per heavy atom. The number of aliphatic hydroxyl groups excluding tert-OH is 1. The molecule has 1 fully saturated rings. The van der Waals surface area contributed by atoms with Crippen molar-refractivity contribution in [1.82, 2.24) is 4.90 Å². The Balaban J connectivity index is 2.17. The number of carbonyl (C=O) groups is 2. The highest BCUT2D eigenvalue weighted by molar-refractivity contribution is 6.46. The number of ketones is 1. The molecule has 2 aromatic rings. The van der Waals surface area contributed by atoms with E-state index in [0.29, 0.717) is 35.8 Å². The van der Waals surface area contributed by atoms with Gasteiger partial charge < -0.3 is 19.5 Å². The molecule has 1 unspecified atom stereocenters. The number of amides is 1. The van der Waals surface area contributed by atoms with Gasteiger partial charge in [-0.25, -0.2) is 0 Å². The maximum atomic E-state index is 13.0. The third-order valence-electron chi connectivity index (χ3n) is 5.20. The molecule has 31 heavy (non-hydrogen) atoms. The summed E-state index contributed by atoms with van der Waals surface area (Å²) in [6.07, 6.45) is 3.25. The first-order valence-corrected chi connectivity index (χ1v) is 10.3. The quantitative estimate of drug-likeness (QED) is 0.280. The van der Waals surface area contributed by atoms with E-state index >= 15 is 0 Å². The average Bonchev–Trinajstić information content (AvgIpc) is 3.05. The first-order chi connectivity index (χ1) is 15.0. The van der Waals surface area contributed by atoms with E-state index in [1.165, 1.54) is 12.0 Å². The number of hydrogen-bond acceptors (Lipinski definition) is 5. The lowest BCUT2D eigenvalue weighted by Crippen LogP contribution is -2.30. The zero-order valence-corrected chi connectivity index (χ0v) is 17.8. The Morgan fingerprint density at radius 2 is 1.97 bits per heavy atom. The molecule has 1 atom stereocenters. The van der Waals surface area contributed by atoms with Crippen LogP contribution in [0.5, 0.6) is 11.5 Å². The number of nitrogens with zero attached hydrogens (tertiary/aromatic N) is 1. The number of benzene rings is 2. The Labute approximate surface area is 182 Å². The molecule has 0 aromatic heterocycles. The molecule has 1 amide bonds. The van der Waals surface area contributed by atoms with Crippen molar-refractivity contribution in [1.29, 1.82) is 0 Å². The lowest BCUT2D eigenvalue weighted by molar-refractivity contribution is -0.139. The van der Waals surface area contributed by atoms with Crippen molar-refractivity contribution >= 4 is 17.4 Å². The highest BCUT2D eigenvalue weighted by Gasteiger charge is 2.46. The minimum Gasteiger partial charge on any atom is -0.507 e. The SMILES string of the molecule is C=CCOc1cccc(C2/C(=C(/O)c3ccccc3OC)C(=O)C(=O)N2CCCC)c1. The molecule has 0 radical (unpaired) electrons. The number of aliphatic hydroxyl groups is 1. The first kappa shape index (κ1) is 22.2. The minimum absolute atomic E-state index is 0.0477. The molecule has 0 saturated carbocycles. The molecule has 0 spiro atoms. The summed E-state index contributed by atoms with van der Waals surface area (Å²) < 4.78 is 11.0. The van der Waals surface area contributed by atoms with Crippen LogP contribution in [0, 0.1) is 0 Å². The molecule has 0 aliphatic carbocycles. The van der Waals surface area contributed by atoms with Crippen LogP contribution in [-0.4, -0.2) is 42.0 Å². The van der Waals surface area contributed by atoms with E-state index in [9.17, 15) is 14.7 Å². The Morgan fingerprint density at radius 1 is 1.19 bits per heavy atom. The van der Waals surface area contributed by atoms with Crippen LogP contribution in [0.15, 0.2) is 66.8 Å². The standard InChI is InChI=1S/C25H27NO5/c1-4-6-14-26-22(17-10-9-11-18(16-17)31-15-5-2)21(24(28)25(26)29)23(27)19-12-7-8-13-20(19)30-3/h5,7-13,16,22,27H,2,4,6,14-15H2,1,3H3/b23-21-. The van der Waals surface area contributed by atoms with E-state index in [1.54, 1.807) is 48.5 Å². The van der Waals surface area contributed by atoms with Crippen molar-refractivity contribution in [2.75, 3.05) is 20.3 Å². The smallest absolute Gasteiger partial charge is 0.295 e. The monoisotopic (exact) mass is 421 g/mol. The molecular formula is C25H27NO5. The predicted molar refractivity (Wildman–Crippen MR) is 119 cm³/mol. The third-order valence-corrected chi connectivity index (χ3v) is 5.20. The predicted octanol–water partition coefficient (Wildman–Crippen LogP) is 4.48. The zero-order chi connectivity index (χ0) is 22.4. The lowest BCUT2D eigenvalue weighted by atomic mass is 9.94. The molecule has 1 aliphatic rings. The highest BCUT2D eigenvalue weighted by atomic mass is 16.5. The number of likely N-dealkylation sites (tertiary alicyclic amines) is 1. The van der Waals surface area contributed by atoms with Crippen LogP contribution in [0.3, 0.4) is 0 Å². The van der Waals surface area contributed by atoms with E-state index in [4.69, 9.17) is 9.47 Å². The number of carbonyl (C=O) groups excluding carboxylic acids is 2. The average molecular weight is 421 g/mol. The van der Waals surface area contributed by atoms with Crippen molar-refractivity contribution in [3.05, 3.63) is 77.9 Å². The maximum Gasteiger partial charge on any atom is 0.295 e.